The third-order valence-corrected chi connectivity index (χ3v) is 5.02. The molecule has 2 aromatic rings. The third-order valence-electron chi connectivity index (χ3n) is 4.79. The van der Waals surface area contributed by atoms with Crippen molar-refractivity contribution in [2.75, 3.05) is 13.2 Å². The molecule has 0 radical (unpaired) electrons. The summed E-state index contributed by atoms with van der Waals surface area (Å²) in [6, 6.07) is 7.47. The number of rotatable bonds is 2. The number of likely N-dealkylation sites (tertiary alicyclic amines) is 1. The van der Waals surface area contributed by atoms with E-state index in [0.717, 1.165) is 42.2 Å². The van der Waals surface area contributed by atoms with Crippen LogP contribution in [0, 0.1) is 12.8 Å². The number of aromatic nitrogens is 1. The molecule has 0 N–H and O–H groups in total. The van der Waals surface area contributed by atoms with Gasteiger partial charge >= 0.3 is 0 Å². The molecule has 0 unspecified atom stereocenters. The topological polar surface area (TPSA) is 55.6 Å². The van der Waals surface area contributed by atoms with Crippen molar-refractivity contribution in [1.29, 1.82) is 0 Å². The molecule has 1 amide bonds. The molecule has 3 heterocycles. The van der Waals surface area contributed by atoms with Gasteiger partial charge in [-0.25, -0.2) is 0 Å². The number of benzene rings is 1. The summed E-state index contributed by atoms with van der Waals surface area (Å²) in [4.78, 5) is 15.0. The van der Waals surface area contributed by atoms with Gasteiger partial charge in [0.15, 0.2) is 5.76 Å². The average molecular weight is 347 g/mol. The summed E-state index contributed by atoms with van der Waals surface area (Å²) in [5, 5.41) is 4.62. The second-order valence-electron chi connectivity index (χ2n) is 6.52. The predicted octanol–water partition coefficient (Wildman–Crippen LogP) is 3.55. The fraction of sp³-hybridized carbons (Fsp3) is 0.444. The van der Waals surface area contributed by atoms with E-state index in [0.29, 0.717) is 18.1 Å². The molecule has 4 rings (SSSR count). The van der Waals surface area contributed by atoms with Crippen LogP contribution in [0.15, 0.2) is 28.8 Å². The minimum atomic E-state index is -0.180. The Morgan fingerprint density at radius 2 is 2.25 bits per heavy atom. The zero-order chi connectivity index (χ0) is 16.7. The molecule has 1 aromatic heterocycles. The van der Waals surface area contributed by atoms with Crippen LogP contribution in [-0.2, 0) is 11.2 Å². The van der Waals surface area contributed by atoms with Gasteiger partial charge < -0.3 is 14.2 Å². The van der Waals surface area contributed by atoms with Crippen molar-refractivity contribution in [3.8, 4) is 5.75 Å². The molecule has 0 spiro atoms. The number of aryl methyl sites for hydroxylation is 1. The Kier molecular flexibility index (Phi) is 3.96. The molecule has 1 fully saturated rings. The molecular weight excluding hydrogens is 328 g/mol. The fourth-order valence-electron chi connectivity index (χ4n) is 3.62. The first-order valence-electron chi connectivity index (χ1n) is 8.27. The highest BCUT2D eigenvalue weighted by Crippen LogP contribution is 2.36. The van der Waals surface area contributed by atoms with Crippen LogP contribution in [0.2, 0.25) is 5.02 Å². The second kappa shape index (κ2) is 6.13. The lowest BCUT2D eigenvalue weighted by Gasteiger charge is -2.30. The van der Waals surface area contributed by atoms with Gasteiger partial charge in [0.05, 0.1) is 17.7 Å². The Balaban J connectivity index is 1.53. The summed E-state index contributed by atoms with van der Waals surface area (Å²) < 4.78 is 11.2. The van der Waals surface area contributed by atoms with E-state index < -0.39 is 0 Å². The SMILES string of the molecule is Cc1cc([C@@H]2CCCN2C(=O)[C@H]2COc3ccc(Cl)cc3C2)on1. The van der Waals surface area contributed by atoms with Crippen molar-refractivity contribution in [2.45, 2.75) is 32.2 Å². The molecule has 6 heteroatoms. The smallest absolute Gasteiger partial charge is 0.230 e. The largest absolute Gasteiger partial charge is 0.492 e. The van der Waals surface area contributed by atoms with Gasteiger partial charge in [0.1, 0.15) is 12.4 Å². The summed E-state index contributed by atoms with van der Waals surface area (Å²) in [6.45, 7) is 3.05. The summed E-state index contributed by atoms with van der Waals surface area (Å²) in [7, 11) is 0. The molecule has 2 atom stereocenters. The van der Waals surface area contributed by atoms with Gasteiger partial charge in [-0.15, -0.1) is 0 Å². The third kappa shape index (κ3) is 2.77. The zero-order valence-corrected chi connectivity index (χ0v) is 14.3. The number of carbonyl (C=O) groups excluding carboxylic acids is 1. The minimum Gasteiger partial charge on any atom is -0.492 e. The number of carbonyl (C=O) groups is 1. The first kappa shape index (κ1) is 15.5. The van der Waals surface area contributed by atoms with E-state index in [2.05, 4.69) is 5.16 Å². The summed E-state index contributed by atoms with van der Waals surface area (Å²) in [6.07, 6.45) is 2.55. The van der Waals surface area contributed by atoms with Crippen molar-refractivity contribution < 1.29 is 14.1 Å². The van der Waals surface area contributed by atoms with Crippen molar-refractivity contribution in [1.82, 2.24) is 10.1 Å². The lowest BCUT2D eigenvalue weighted by Crippen LogP contribution is -2.40. The summed E-state index contributed by atoms with van der Waals surface area (Å²) in [5.41, 5.74) is 1.84. The van der Waals surface area contributed by atoms with Gasteiger partial charge in [-0.2, -0.15) is 0 Å². The van der Waals surface area contributed by atoms with Gasteiger partial charge in [-0.3, -0.25) is 4.79 Å². The number of nitrogens with zero attached hydrogens (tertiary/aromatic N) is 2. The highest BCUT2D eigenvalue weighted by Gasteiger charge is 2.37. The van der Waals surface area contributed by atoms with Crippen molar-refractivity contribution in [3.05, 3.63) is 46.3 Å². The lowest BCUT2D eigenvalue weighted by molar-refractivity contribution is -0.138. The number of ether oxygens (including phenoxy) is 1. The van der Waals surface area contributed by atoms with Gasteiger partial charge in [-0.05, 0) is 49.9 Å². The number of fused-ring (bicyclic) bond motifs is 1. The maximum atomic E-state index is 13.0. The van der Waals surface area contributed by atoms with E-state index in [4.69, 9.17) is 20.9 Å². The first-order valence-corrected chi connectivity index (χ1v) is 8.64. The number of hydrogen-bond acceptors (Lipinski definition) is 4. The van der Waals surface area contributed by atoms with Crippen LogP contribution in [0.25, 0.3) is 0 Å². The minimum absolute atomic E-state index is 0.0144. The fourth-order valence-corrected chi connectivity index (χ4v) is 3.82. The van der Waals surface area contributed by atoms with Gasteiger partial charge in [-0.1, -0.05) is 16.8 Å². The first-order chi connectivity index (χ1) is 11.6. The van der Waals surface area contributed by atoms with Crippen LogP contribution in [0.5, 0.6) is 5.75 Å². The van der Waals surface area contributed by atoms with Crippen molar-refractivity contribution >= 4 is 17.5 Å². The highest BCUT2D eigenvalue weighted by molar-refractivity contribution is 6.30. The molecule has 1 aromatic carbocycles. The molecule has 126 valence electrons. The Morgan fingerprint density at radius 3 is 3.04 bits per heavy atom. The molecule has 0 aliphatic carbocycles. The zero-order valence-electron chi connectivity index (χ0n) is 13.5. The summed E-state index contributed by atoms with van der Waals surface area (Å²) >= 11 is 6.07. The number of halogens is 1. The predicted molar refractivity (Wildman–Crippen MR) is 89.1 cm³/mol. The standard InChI is InChI=1S/C18H19ClN2O3/c1-11-7-17(24-20-11)15-3-2-6-21(15)18(22)13-8-12-9-14(19)4-5-16(12)23-10-13/h4-5,7,9,13,15H,2-3,6,8,10H2,1H3/t13-,15+/m1/s1. The molecule has 0 bridgehead atoms. The maximum absolute atomic E-state index is 13.0. The Morgan fingerprint density at radius 1 is 1.38 bits per heavy atom. The monoisotopic (exact) mass is 346 g/mol. The molecular formula is C18H19ClN2O3. The Hall–Kier alpha value is -2.01. The second-order valence-corrected chi connectivity index (χ2v) is 6.96. The number of amides is 1. The van der Waals surface area contributed by atoms with E-state index >= 15 is 0 Å². The van der Waals surface area contributed by atoms with Crippen LogP contribution in [0.1, 0.15) is 35.9 Å². The van der Waals surface area contributed by atoms with Crippen LogP contribution in [-0.4, -0.2) is 29.1 Å². The van der Waals surface area contributed by atoms with E-state index in [-0.39, 0.29) is 17.9 Å². The lowest BCUT2D eigenvalue weighted by atomic mass is 9.95. The van der Waals surface area contributed by atoms with E-state index in [1.165, 1.54) is 0 Å². The molecule has 0 saturated carbocycles. The molecule has 1 saturated heterocycles. The Labute approximate surface area is 145 Å². The van der Waals surface area contributed by atoms with E-state index in [1.54, 1.807) is 0 Å². The van der Waals surface area contributed by atoms with Crippen LogP contribution < -0.4 is 4.74 Å². The Bertz CT molecular complexity index is 773. The quantitative estimate of drug-likeness (QED) is 0.834. The van der Waals surface area contributed by atoms with Crippen molar-refractivity contribution in [3.63, 3.8) is 0 Å². The van der Waals surface area contributed by atoms with Crippen LogP contribution in [0.4, 0.5) is 0 Å². The number of hydrogen-bond donors (Lipinski definition) is 0. The molecule has 2 aliphatic rings. The van der Waals surface area contributed by atoms with Gasteiger partial charge in [0.25, 0.3) is 0 Å². The van der Waals surface area contributed by atoms with Crippen molar-refractivity contribution in [2.24, 2.45) is 5.92 Å². The molecule has 2 aliphatic heterocycles. The van der Waals surface area contributed by atoms with Crippen LogP contribution in [0.3, 0.4) is 0 Å². The van der Waals surface area contributed by atoms with Crippen LogP contribution >= 0.6 is 11.6 Å². The van der Waals surface area contributed by atoms with Gasteiger partial charge in [0.2, 0.25) is 5.91 Å². The van der Waals surface area contributed by atoms with Gasteiger partial charge in [0, 0.05) is 17.6 Å². The average Bonchev–Trinajstić information content (AvgIpc) is 3.22. The summed E-state index contributed by atoms with van der Waals surface area (Å²) in [5.74, 6) is 1.54. The molecule has 24 heavy (non-hydrogen) atoms. The highest BCUT2D eigenvalue weighted by atomic mass is 35.5. The van der Waals surface area contributed by atoms with E-state index in [1.807, 2.05) is 36.1 Å². The van der Waals surface area contributed by atoms with E-state index in [9.17, 15) is 4.79 Å². The normalized spacial score (nSPS) is 23.0. The molecule has 5 nitrogen and oxygen atoms in total. The maximum Gasteiger partial charge on any atom is 0.230 e.